The van der Waals surface area contributed by atoms with Gasteiger partial charge < -0.3 is 10.6 Å². The van der Waals surface area contributed by atoms with Crippen LogP contribution in [0.1, 0.15) is 26.4 Å². The number of aromatic nitrogens is 1. The Bertz CT molecular complexity index is 898. The highest BCUT2D eigenvalue weighted by atomic mass is 35.5. The fraction of sp³-hybridized carbons (Fsp3) is 0.0500. The first-order valence-electron chi connectivity index (χ1n) is 7.93. The Kier molecular flexibility index (Phi) is 5.29. The van der Waals surface area contributed by atoms with Gasteiger partial charge in [0, 0.05) is 17.4 Å². The molecule has 130 valence electrons. The topological polar surface area (TPSA) is 71.1 Å². The average molecular weight is 366 g/mol. The molecule has 2 aromatic carbocycles. The zero-order valence-electron chi connectivity index (χ0n) is 14.0. The van der Waals surface area contributed by atoms with E-state index in [1.165, 1.54) is 12.3 Å². The molecule has 0 aliphatic rings. The molecule has 0 fully saturated rings. The van der Waals surface area contributed by atoms with Crippen molar-refractivity contribution in [2.75, 3.05) is 10.6 Å². The van der Waals surface area contributed by atoms with Crippen LogP contribution < -0.4 is 10.6 Å². The van der Waals surface area contributed by atoms with Crippen molar-refractivity contribution < 1.29 is 9.59 Å². The summed E-state index contributed by atoms with van der Waals surface area (Å²) in [7, 11) is 0. The molecule has 1 heterocycles. The van der Waals surface area contributed by atoms with Crippen LogP contribution in [0.3, 0.4) is 0 Å². The number of pyridine rings is 1. The van der Waals surface area contributed by atoms with Gasteiger partial charge in [-0.15, -0.1) is 0 Å². The Balaban J connectivity index is 1.77. The lowest BCUT2D eigenvalue weighted by molar-refractivity contribution is 0.102. The van der Waals surface area contributed by atoms with Crippen molar-refractivity contribution in [2.24, 2.45) is 0 Å². The summed E-state index contributed by atoms with van der Waals surface area (Å²) in [5, 5.41) is 5.94. The van der Waals surface area contributed by atoms with Gasteiger partial charge in [0.05, 0.1) is 10.7 Å². The number of hydrogen-bond acceptors (Lipinski definition) is 3. The van der Waals surface area contributed by atoms with Crippen LogP contribution in [-0.2, 0) is 0 Å². The van der Waals surface area contributed by atoms with Crippen molar-refractivity contribution in [1.82, 2.24) is 4.98 Å². The van der Waals surface area contributed by atoms with E-state index in [0.717, 1.165) is 11.3 Å². The van der Waals surface area contributed by atoms with Gasteiger partial charge in [-0.3, -0.25) is 14.6 Å². The summed E-state index contributed by atoms with van der Waals surface area (Å²) in [4.78, 5) is 28.9. The molecular formula is C20H16ClN3O2. The second kappa shape index (κ2) is 7.80. The van der Waals surface area contributed by atoms with Crippen molar-refractivity contribution in [3.63, 3.8) is 0 Å². The highest BCUT2D eigenvalue weighted by Gasteiger charge is 2.14. The number of aryl methyl sites for hydroxylation is 1. The summed E-state index contributed by atoms with van der Waals surface area (Å²) >= 11 is 6.04. The molecule has 0 spiro atoms. The monoisotopic (exact) mass is 365 g/mol. The number of carbonyl (C=O) groups excluding carboxylic acids is 2. The lowest BCUT2D eigenvalue weighted by atomic mass is 10.1. The number of benzene rings is 2. The summed E-state index contributed by atoms with van der Waals surface area (Å²) in [6.07, 6.45) is 1.42. The lowest BCUT2D eigenvalue weighted by Gasteiger charge is -2.09. The Morgan fingerprint density at radius 2 is 1.54 bits per heavy atom. The first-order valence-corrected chi connectivity index (χ1v) is 8.31. The summed E-state index contributed by atoms with van der Waals surface area (Å²) < 4.78 is 0. The zero-order valence-corrected chi connectivity index (χ0v) is 14.7. The minimum atomic E-state index is -0.441. The largest absolute Gasteiger partial charge is 0.322 e. The normalized spacial score (nSPS) is 10.2. The Hall–Kier alpha value is -3.18. The maximum atomic E-state index is 12.5. The fourth-order valence-electron chi connectivity index (χ4n) is 2.35. The molecule has 0 atom stereocenters. The highest BCUT2D eigenvalue weighted by Crippen LogP contribution is 2.21. The van der Waals surface area contributed by atoms with Crippen molar-refractivity contribution in [3.05, 3.63) is 88.7 Å². The van der Waals surface area contributed by atoms with Crippen LogP contribution in [0.5, 0.6) is 0 Å². The Labute approximate surface area is 156 Å². The van der Waals surface area contributed by atoms with E-state index in [4.69, 9.17) is 11.6 Å². The van der Waals surface area contributed by atoms with Gasteiger partial charge in [-0.2, -0.15) is 0 Å². The number of hydrogen-bond donors (Lipinski definition) is 2. The van der Waals surface area contributed by atoms with E-state index in [-0.39, 0.29) is 11.6 Å². The van der Waals surface area contributed by atoms with E-state index < -0.39 is 5.91 Å². The SMILES string of the molecule is Cc1ccccc1NC(=O)c1ccnc(C(=O)Nc2ccccc2Cl)c1. The molecule has 5 nitrogen and oxygen atoms in total. The quantitative estimate of drug-likeness (QED) is 0.712. The standard InChI is InChI=1S/C20H16ClN3O2/c1-13-6-2-4-8-16(13)23-19(25)14-10-11-22-18(12-14)20(26)24-17-9-5-3-7-15(17)21/h2-12H,1H3,(H,23,25)(H,24,26). The summed E-state index contributed by atoms with van der Waals surface area (Å²) in [6.45, 7) is 1.91. The molecule has 0 bridgehead atoms. The molecule has 3 rings (SSSR count). The van der Waals surface area contributed by atoms with Crippen LogP contribution in [0.25, 0.3) is 0 Å². The molecule has 0 aliphatic carbocycles. The molecule has 0 saturated carbocycles. The van der Waals surface area contributed by atoms with E-state index in [9.17, 15) is 9.59 Å². The first kappa shape index (κ1) is 17.6. The van der Waals surface area contributed by atoms with Crippen LogP contribution in [0.15, 0.2) is 66.9 Å². The third-order valence-electron chi connectivity index (χ3n) is 3.77. The van der Waals surface area contributed by atoms with Gasteiger partial charge in [-0.1, -0.05) is 41.9 Å². The van der Waals surface area contributed by atoms with E-state index >= 15 is 0 Å². The van der Waals surface area contributed by atoms with Crippen LogP contribution >= 0.6 is 11.6 Å². The number of nitrogens with zero attached hydrogens (tertiary/aromatic N) is 1. The number of amides is 2. The maximum absolute atomic E-state index is 12.5. The van der Waals surface area contributed by atoms with Crippen molar-refractivity contribution in [2.45, 2.75) is 6.92 Å². The Morgan fingerprint density at radius 3 is 2.27 bits per heavy atom. The molecule has 0 saturated heterocycles. The van der Waals surface area contributed by atoms with Gasteiger partial charge in [0.1, 0.15) is 5.69 Å². The minimum Gasteiger partial charge on any atom is -0.322 e. The van der Waals surface area contributed by atoms with E-state index in [2.05, 4.69) is 15.6 Å². The predicted octanol–water partition coefficient (Wildman–Crippen LogP) is 4.55. The average Bonchev–Trinajstić information content (AvgIpc) is 2.65. The summed E-state index contributed by atoms with van der Waals surface area (Å²) in [6, 6.07) is 17.4. The van der Waals surface area contributed by atoms with Crippen LogP contribution in [0.4, 0.5) is 11.4 Å². The van der Waals surface area contributed by atoms with Crippen molar-refractivity contribution in [1.29, 1.82) is 0 Å². The van der Waals surface area contributed by atoms with Gasteiger partial charge in [0.2, 0.25) is 0 Å². The van der Waals surface area contributed by atoms with Gasteiger partial charge in [-0.05, 0) is 42.8 Å². The molecule has 3 aromatic rings. The molecule has 2 N–H and O–H groups in total. The van der Waals surface area contributed by atoms with Gasteiger partial charge in [-0.25, -0.2) is 0 Å². The second-order valence-corrected chi connectivity index (χ2v) is 6.04. The molecule has 2 amide bonds. The van der Waals surface area contributed by atoms with Gasteiger partial charge in [0.25, 0.3) is 11.8 Å². The molecule has 6 heteroatoms. The van der Waals surface area contributed by atoms with Crippen molar-refractivity contribution in [3.8, 4) is 0 Å². The minimum absolute atomic E-state index is 0.127. The van der Waals surface area contributed by atoms with Gasteiger partial charge >= 0.3 is 0 Å². The molecular weight excluding hydrogens is 350 g/mol. The Morgan fingerprint density at radius 1 is 0.885 bits per heavy atom. The number of rotatable bonds is 4. The molecule has 0 aliphatic heterocycles. The maximum Gasteiger partial charge on any atom is 0.274 e. The molecule has 26 heavy (non-hydrogen) atoms. The molecule has 0 unspecified atom stereocenters. The predicted molar refractivity (Wildman–Crippen MR) is 103 cm³/mol. The number of halogens is 1. The number of anilines is 2. The summed E-state index contributed by atoms with van der Waals surface area (Å²) in [5.74, 6) is -0.753. The zero-order chi connectivity index (χ0) is 18.5. The molecule has 1 aromatic heterocycles. The number of nitrogens with one attached hydrogen (secondary N) is 2. The number of carbonyl (C=O) groups is 2. The van der Waals surface area contributed by atoms with Crippen molar-refractivity contribution >= 4 is 34.8 Å². The fourth-order valence-corrected chi connectivity index (χ4v) is 2.54. The highest BCUT2D eigenvalue weighted by molar-refractivity contribution is 6.33. The van der Waals surface area contributed by atoms with Gasteiger partial charge in [0.15, 0.2) is 0 Å². The van der Waals surface area contributed by atoms with Crippen LogP contribution in [0, 0.1) is 6.92 Å². The smallest absolute Gasteiger partial charge is 0.274 e. The third-order valence-corrected chi connectivity index (χ3v) is 4.10. The second-order valence-electron chi connectivity index (χ2n) is 5.63. The molecule has 0 radical (unpaired) electrons. The summed E-state index contributed by atoms with van der Waals surface area (Å²) in [5.41, 5.74) is 2.62. The van der Waals surface area contributed by atoms with E-state index in [1.54, 1.807) is 30.3 Å². The van der Waals surface area contributed by atoms with Crippen LogP contribution in [0.2, 0.25) is 5.02 Å². The first-order chi connectivity index (χ1) is 12.5. The van der Waals surface area contributed by atoms with E-state index in [1.807, 2.05) is 31.2 Å². The van der Waals surface area contributed by atoms with E-state index in [0.29, 0.717) is 16.3 Å². The van der Waals surface area contributed by atoms with Crippen LogP contribution in [-0.4, -0.2) is 16.8 Å². The third kappa shape index (κ3) is 4.07. The number of para-hydroxylation sites is 2. The lowest BCUT2D eigenvalue weighted by Crippen LogP contribution is -2.17.